The molecule has 0 aliphatic rings. The van der Waals surface area contributed by atoms with Gasteiger partial charge in [-0.25, -0.2) is 0 Å². The smallest absolute Gasteiger partial charge is 0.371 e. The highest BCUT2D eigenvalue weighted by atomic mass is 35.5. The van der Waals surface area contributed by atoms with E-state index in [0.717, 1.165) is 19.4 Å². The van der Waals surface area contributed by atoms with Gasteiger partial charge in [0.2, 0.25) is 0 Å². The number of hydrogen-bond donors (Lipinski definition) is 1. The van der Waals surface area contributed by atoms with Gasteiger partial charge >= 0.3 is 6.18 Å². The van der Waals surface area contributed by atoms with Crippen LogP contribution >= 0.6 is 11.6 Å². The topological polar surface area (TPSA) is 21.3 Å². The number of halogens is 4. The average molecular weight is 248 g/mol. The first-order chi connectivity index (χ1) is 6.92. The van der Waals surface area contributed by atoms with Crippen LogP contribution in [-0.2, 0) is 4.74 Å². The lowest BCUT2D eigenvalue weighted by Crippen LogP contribution is -2.24. The van der Waals surface area contributed by atoms with Gasteiger partial charge in [-0.2, -0.15) is 13.2 Å². The van der Waals surface area contributed by atoms with Gasteiger partial charge in [-0.15, -0.1) is 11.6 Å². The molecule has 0 aromatic rings. The number of hydrogen-bond acceptors (Lipinski definition) is 2. The summed E-state index contributed by atoms with van der Waals surface area (Å²) in [4.78, 5) is 0. The molecule has 6 heteroatoms. The fourth-order valence-electron chi connectivity index (χ4n) is 0.966. The normalized spacial score (nSPS) is 14.2. The van der Waals surface area contributed by atoms with Gasteiger partial charge in [0.1, 0.15) is 6.61 Å². The van der Waals surface area contributed by atoms with Gasteiger partial charge in [0.15, 0.2) is 0 Å². The van der Waals surface area contributed by atoms with E-state index in [0.29, 0.717) is 6.54 Å². The predicted molar refractivity (Wildman–Crippen MR) is 54.3 cm³/mol. The largest absolute Gasteiger partial charge is 0.411 e. The Bertz CT molecular complexity index is 153. The predicted octanol–water partition coefficient (Wildman–Crippen LogP) is 2.56. The van der Waals surface area contributed by atoms with Crippen molar-refractivity contribution >= 4 is 11.6 Å². The van der Waals surface area contributed by atoms with E-state index >= 15 is 0 Å². The SMILES string of the molecule is CC(Cl)CCCNCCOCC(F)(F)F. The zero-order chi connectivity index (χ0) is 11.7. The zero-order valence-electron chi connectivity index (χ0n) is 8.74. The number of nitrogens with one attached hydrogen (secondary N) is 1. The van der Waals surface area contributed by atoms with Gasteiger partial charge in [0, 0.05) is 11.9 Å². The summed E-state index contributed by atoms with van der Waals surface area (Å²) in [6, 6.07) is 0. The second-order valence-electron chi connectivity index (χ2n) is 3.34. The third kappa shape index (κ3) is 14.0. The summed E-state index contributed by atoms with van der Waals surface area (Å²) in [5.74, 6) is 0. The maximum atomic E-state index is 11.6. The van der Waals surface area contributed by atoms with Crippen LogP contribution in [0.5, 0.6) is 0 Å². The highest BCUT2D eigenvalue weighted by Crippen LogP contribution is 2.13. The van der Waals surface area contributed by atoms with Gasteiger partial charge in [-0.3, -0.25) is 0 Å². The van der Waals surface area contributed by atoms with Crippen LogP contribution in [0.1, 0.15) is 19.8 Å². The van der Waals surface area contributed by atoms with Crippen LogP contribution in [0.2, 0.25) is 0 Å². The highest BCUT2D eigenvalue weighted by Gasteiger charge is 2.27. The van der Waals surface area contributed by atoms with Crippen molar-refractivity contribution in [2.75, 3.05) is 26.3 Å². The molecule has 1 atom stereocenters. The van der Waals surface area contributed by atoms with Crippen LogP contribution in [0.25, 0.3) is 0 Å². The summed E-state index contributed by atoms with van der Waals surface area (Å²) in [7, 11) is 0. The van der Waals surface area contributed by atoms with Crippen LogP contribution in [0.4, 0.5) is 13.2 Å². The van der Waals surface area contributed by atoms with Crippen LogP contribution < -0.4 is 5.32 Å². The van der Waals surface area contributed by atoms with Gasteiger partial charge in [-0.1, -0.05) is 0 Å². The molecule has 1 unspecified atom stereocenters. The molecule has 0 saturated heterocycles. The fourth-order valence-corrected chi connectivity index (χ4v) is 1.12. The molecular formula is C9H17ClF3NO. The van der Waals surface area contributed by atoms with E-state index in [9.17, 15) is 13.2 Å². The lowest BCUT2D eigenvalue weighted by molar-refractivity contribution is -0.173. The van der Waals surface area contributed by atoms with Crippen molar-refractivity contribution in [2.24, 2.45) is 0 Å². The van der Waals surface area contributed by atoms with Crippen molar-refractivity contribution in [3.63, 3.8) is 0 Å². The van der Waals surface area contributed by atoms with Crippen LogP contribution in [0.3, 0.4) is 0 Å². The lowest BCUT2D eigenvalue weighted by Gasteiger charge is -2.08. The van der Waals surface area contributed by atoms with Crippen molar-refractivity contribution in [1.82, 2.24) is 5.32 Å². The van der Waals surface area contributed by atoms with Gasteiger partial charge in [-0.05, 0) is 26.3 Å². The van der Waals surface area contributed by atoms with E-state index < -0.39 is 12.8 Å². The quantitative estimate of drug-likeness (QED) is 0.526. The Hall–Kier alpha value is -0.0000000000000000555. The van der Waals surface area contributed by atoms with E-state index in [2.05, 4.69) is 10.1 Å². The van der Waals surface area contributed by atoms with Crippen LogP contribution in [-0.4, -0.2) is 37.9 Å². The molecule has 1 N–H and O–H groups in total. The van der Waals surface area contributed by atoms with Crippen LogP contribution in [0.15, 0.2) is 0 Å². The van der Waals surface area contributed by atoms with Crippen molar-refractivity contribution in [3.8, 4) is 0 Å². The zero-order valence-corrected chi connectivity index (χ0v) is 9.50. The third-order valence-corrected chi connectivity index (χ3v) is 1.86. The molecule has 0 bridgehead atoms. The molecule has 0 saturated carbocycles. The molecule has 0 fully saturated rings. The molecule has 0 aromatic heterocycles. The summed E-state index contributed by atoms with van der Waals surface area (Å²) in [6.45, 7) is 2.01. The minimum absolute atomic E-state index is 0.0793. The summed E-state index contributed by atoms with van der Waals surface area (Å²) < 4.78 is 39.3. The maximum absolute atomic E-state index is 11.6. The Morgan fingerprint density at radius 2 is 2.00 bits per heavy atom. The van der Waals surface area contributed by atoms with Gasteiger partial charge < -0.3 is 10.1 Å². The van der Waals surface area contributed by atoms with E-state index in [4.69, 9.17) is 11.6 Å². The standard InChI is InChI=1S/C9H17ClF3NO/c1-8(10)3-2-4-14-5-6-15-7-9(11,12)13/h8,14H,2-7H2,1H3. The van der Waals surface area contributed by atoms with Crippen molar-refractivity contribution in [1.29, 1.82) is 0 Å². The molecular weight excluding hydrogens is 231 g/mol. The maximum Gasteiger partial charge on any atom is 0.411 e. The molecule has 92 valence electrons. The van der Waals surface area contributed by atoms with E-state index in [-0.39, 0.29) is 12.0 Å². The van der Waals surface area contributed by atoms with Gasteiger partial charge in [0.25, 0.3) is 0 Å². The molecule has 0 aliphatic carbocycles. The molecule has 0 radical (unpaired) electrons. The first kappa shape index (κ1) is 15.0. The second-order valence-corrected chi connectivity index (χ2v) is 4.09. The summed E-state index contributed by atoms with van der Waals surface area (Å²) >= 11 is 5.71. The molecule has 15 heavy (non-hydrogen) atoms. The Balaban J connectivity index is 3.06. The summed E-state index contributed by atoms with van der Waals surface area (Å²) in [5, 5.41) is 3.12. The Kier molecular flexibility index (Phi) is 8.19. The fraction of sp³-hybridized carbons (Fsp3) is 1.00. The van der Waals surface area contributed by atoms with Crippen molar-refractivity contribution < 1.29 is 17.9 Å². The minimum Gasteiger partial charge on any atom is -0.371 e. The Morgan fingerprint density at radius 1 is 1.33 bits per heavy atom. The Labute approximate surface area is 93.1 Å². The number of alkyl halides is 4. The Morgan fingerprint density at radius 3 is 2.53 bits per heavy atom. The summed E-state index contributed by atoms with van der Waals surface area (Å²) in [5.41, 5.74) is 0. The molecule has 0 spiro atoms. The third-order valence-electron chi connectivity index (χ3n) is 1.64. The second kappa shape index (κ2) is 8.19. The van der Waals surface area contributed by atoms with Crippen molar-refractivity contribution in [3.05, 3.63) is 0 Å². The van der Waals surface area contributed by atoms with Crippen molar-refractivity contribution in [2.45, 2.75) is 31.3 Å². The van der Waals surface area contributed by atoms with E-state index in [1.807, 2.05) is 6.92 Å². The monoisotopic (exact) mass is 247 g/mol. The molecule has 0 aromatic carbocycles. The first-order valence-corrected chi connectivity index (χ1v) is 5.35. The highest BCUT2D eigenvalue weighted by molar-refractivity contribution is 6.20. The van der Waals surface area contributed by atoms with Crippen LogP contribution in [0, 0.1) is 0 Å². The molecule has 2 nitrogen and oxygen atoms in total. The number of ether oxygens (including phenoxy) is 1. The average Bonchev–Trinajstić information content (AvgIpc) is 2.07. The summed E-state index contributed by atoms with van der Waals surface area (Å²) in [6.07, 6.45) is -2.41. The first-order valence-electron chi connectivity index (χ1n) is 4.91. The lowest BCUT2D eigenvalue weighted by atomic mass is 10.2. The molecule has 0 heterocycles. The molecule has 0 amide bonds. The minimum atomic E-state index is -4.23. The van der Waals surface area contributed by atoms with Gasteiger partial charge in [0.05, 0.1) is 6.61 Å². The van der Waals surface area contributed by atoms with E-state index in [1.54, 1.807) is 0 Å². The number of rotatable bonds is 8. The molecule has 0 rings (SSSR count). The van der Waals surface area contributed by atoms with E-state index in [1.165, 1.54) is 0 Å². The molecule has 0 aliphatic heterocycles.